The molecule has 0 N–H and O–H groups in total. The van der Waals surface area contributed by atoms with Crippen LogP contribution in [0.1, 0.15) is 17.5 Å². The van der Waals surface area contributed by atoms with E-state index in [1.54, 1.807) is 0 Å². The highest BCUT2D eigenvalue weighted by Crippen LogP contribution is 2.36. The van der Waals surface area contributed by atoms with Crippen molar-refractivity contribution in [1.82, 2.24) is 4.90 Å². The first-order valence-electron chi connectivity index (χ1n) is 7.46. The number of hydrogen-bond acceptors (Lipinski definition) is 1. The summed E-state index contributed by atoms with van der Waals surface area (Å²) in [6.07, 6.45) is 9.89. The SMILES string of the molecule is CN(Cc1ccccc1)C1(c2ccccc2)C=CC=CC1. The number of rotatable bonds is 4. The van der Waals surface area contributed by atoms with E-state index in [2.05, 4.69) is 96.9 Å². The molecular weight excluding hydrogens is 254 g/mol. The van der Waals surface area contributed by atoms with Crippen LogP contribution in [0, 0.1) is 0 Å². The normalized spacial score (nSPS) is 20.9. The molecule has 2 aromatic carbocycles. The minimum absolute atomic E-state index is 0.0498. The van der Waals surface area contributed by atoms with E-state index in [1.807, 2.05) is 0 Å². The molecule has 0 amide bonds. The van der Waals surface area contributed by atoms with Crippen LogP contribution in [0.25, 0.3) is 0 Å². The maximum absolute atomic E-state index is 2.44. The molecule has 0 bridgehead atoms. The average molecular weight is 275 g/mol. The summed E-state index contributed by atoms with van der Waals surface area (Å²) in [6.45, 7) is 0.938. The molecule has 0 radical (unpaired) electrons. The fourth-order valence-electron chi connectivity index (χ4n) is 3.05. The van der Waals surface area contributed by atoms with Crippen LogP contribution >= 0.6 is 0 Å². The molecule has 0 aromatic heterocycles. The Morgan fingerprint density at radius 3 is 2.19 bits per heavy atom. The summed E-state index contributed by atoms with van der Waals surface area (Å²) in [5, 5.41) is 0. The predicted molar refractivity (Wildman–Crippen MR) is 88.9 cm³/mol. The Morgan fingerprint density at radius 1 is 0.905 bits per heavy atom. The van der Waals surface area contributed by atoms with Crippen molar-refractivity contribution in [3.05, 3.63) is 96.1 Å². The summed E-state index contributed by atoms with van der Waals surface area (Å²) < 4.78 is 0. The van der Waals surface area contributed by atoms with Gasteiger partial charge in [-0.3, -0.25) is 4.90 Å². The van der Waals surface area contributed by atoms with Gasteiger partial charge in [-0.05, 0) is 24.6 Å². The van der Waals surface area contributed by atoms with Crippen LogP contribution in [0.15, 0.2) is 85.0 Å². The summed E-state index contributed by atoms with van der Waals surface area (Å²) in [5.74, 6) is 0. The van der Waals surface area contributed by atoms with Gasteiger partial charge in [0.1, 0.15) is 0 Å². The zero-order chi connectivity index (χ0) is 14.5. The molecule has 21 heavy (non-hydrogen) atoms. The Morgan fingerprint density at radius 2 is 1.57 bits per heavy atom. The summed E-state index contributed by atoms with van der Waals surface area (Å²) in [7, 11) is 2.21. The third kappa shape index (κ3) is 2.84. The van der Waals surface area contributed by atoms with Crippen LogP contribution in [0.3, 0.4) is 0 Å². The van der Waals surface area contributed by atoms with Crippen LogP contribution in [0.2, 0.25) is 0 Å². The van der Waals surface area contributed by atoms with Gasteiger partial charge in [-0.2, -0.15) is 0 Å². The molecule has 0 spiro atoms. The fourth-order valence-corrected chi connectivity index (χ4v) is 3.05. The first-order chi connectivity index (χ1) is 10.3. The van der Waals surface area contributed by atoms with Crippen LogP contribution in [-0.4, -0.2) is 11.9 Å². The second-order valence-corrected chi connectivity index (χ2v) is 5.62. The number of likely N-dealkylation sites (N-methyl/N-ethyl adjacent to an activating group) is 1. The highest BCUT2D eigenvalue weighted by molar-refractivity contribution is 5.35. The molecular formula is C20H21N. The van der Waals surface area contributed by atoms with E-state index >= 15 is 0 Å². The van der Waals surface area contributed by atoms with Crippen LogP contribution < -0.4 is 0 Å². The molecule has 2 aromatic rings. The van der Waals surface area contributed by atoms with Crippen molar-refractivity contribution in [2.45, 2.75) is 18.5 Å². The molecule has 0 saturated carbocycles. The van der Waals surface area contributed by atoms with E-state index in [1.165, 1.54) is 11.1 Å². The van der Waals surface area contributed by atoms with E-state index in [9.17, 15) is 0 Å². The second kappa shape index (κ2) is 6.11. The lowest BCUT2D eigenvalue weighted by atomic mass is 9.82. The first kappa shape index (κ1) is 13.8. The van der Waals surface area contributed by atoms with E-state index < -0.39 is 0 Å². The van der Waals surface area contributed by atoms with Crippen molar-refractivity contribution >= 4 is 0 Å². The Hall–Kier alpha value is -2.12. The van der Waals surface area contributed by atoms with Gasteiger partial charge in [0.25, 0.3) is 0 Å². The van der Waals surface area contributed by atoms with Gasteiger partial charge in [-0.15, -0.1) is 0 Å². The largest absolute Gasteiger partial charge is 0.289 e. The maximum Gasteiger partial charge on any atom is 0.0683 e. The molecule has 1 atom stereocenters. The van der Waals surface area contributed by atoms with Crippen LogP contribution in [0.5, 0.6) is 0 Å². The molecule has 1 nitrogen and oxygen atoms in total. The highest BCUT2D eigenvalue weighted by atomic mass is 15.2. The first-order valence-corrected chi connectivity index (χ1v) is 7.46. The third-order valence-electron chi connectivity index (χ3n) is 4.27. The molecule has 1 heteroatoms. The van der Waals surface area contributed by atoms with E-state index in [0.717, 1.165) is 13.0 Å². The molecule has 1 unspecified atom stereocenters. The zero-order valence-corrected chi connectivity index (χ0v) is 12.4. The van der Waals surface area contributed by atoms with Crippen molar-refractivity contribution in [2.75, 3.05) is 7.05 Å². The number of hydrogen-bond donors (Lipinski definition) is 0. The van der Waals surface area contributed by atoms with Gasteiger partial charge >= 0.3 is 0 Å². The zero-order valence-electron chi connectivity index (χ0n) is 12.4. The summed E-state index contributed by atoms with van der Waals surface area (Å²) in [5.41, 5.74) is 2.65. The van der Waals surface area contributed by atoms with Gasteiger partial charge < -0.3 is 0 Å². The summed E-state index contributed by atoms with van der Waals surface area (Å²) >= 11 is 0. The topological polar surface area (TPSA) is 3.24 Å². The summed E-state index contributed by atoms with van der Waals surface area (Å²) in [6, 6.07) is 21.4. The van der Waals surface area contributed by atoms with Crippen molar-refractivity contribution in [3.63, 3.8) is 0 Å². The Labute approximate surface area is 127 Å². The van der Waals surface area contributed by atoms with Gasteiger partial charge in [-0.1, -0.05) is 85.0 Å². The molecule has 3 rings (SSSR count). The van der Waals surface area contributed by atoms with Gasteiger partial charge in [0.2, 0.25) is 0 Å². The molecule has 0 saturated heterocycles. The van der Waals surface area contributed by atoms with Crippen molar-refractivity contribution < 1.29 is 0 Å². The number of benzene rings is 2. The molecule has 1 aliphatic rings. The molecule has 0 fully saturated rings. The average Bonchev–Trinajstić information content (AvgIpc) is 2.57. The van der Waals surface area contributed by atoms with E-state index in [0.29, 0.717) is 0 Å². The maximum atomic E-state index is 2.44. The Kier molecular flexibility index (Phi) is 4.03. The minimum atomic E-state index is -0.0498. The van der Waals surface area contributed by atoms with Crippen LogP contribution in [0.4, 0.5) is 0 Å². The van der Waals surface area contributed by atoms with Gasteiger partial charge in [0.05, 0.1) is 5.54 Å². The van der Waals surface area contributed by atoms with E-state index in [4.69, 9.17) is 0 Å². The van der Waals surface area contributed by atoms with Crippen molar-refractivity contribution in [2.24, 2.45) is 0 Å². The highest BCUT2D eigenvalue weighted by Gasteiger charge is 2.33. The fraction of sp³-hybridized carbons (Fsp3) is 0.200. The van der Waals surface area contributed by atoms with Gasteiger partial charge in [0.15, 0.2) is 0 Å². The Bertz CT molecular complexity index is 627. The minimum Gasteiger partial charge on any atom is -0.289 e. The lowest BCUT2D eigenvalue weighted by Gasteiger charge is -2.41. The number of allylic oxidation sites excluding steroid dienone is 2. The van der Waals surface area contributed by atoms with Crippen molar-refractivity contribution in [3.8, 4) is 0 Å². The second-order valence-electron chi connectivity index (χ2n) is 5.62. The quantitative estimate of drug-likeness (QED) is 0.792. The van der Waals surface area contributed by atoms with Crippen LogP contribution in [-0.2, 0) is 12.1 Å². The molecule has 0 aliphatic heterocycles. The monoisotopic (exact) mass is 275 g/mol. The smallest absolute Gasteiger partial charge is 0.0683 e. The molecule has 0 heterocycles. The van der Waals surface area contributed by atoms with Crippen molar-refractivity contribution in [1.29, 1.82) is 0 Å². The Balaban J connectivity index is 1.93. The lowest BCUT2D eigenvalue weighted by molar-refractivity contribution is 0.159. The molecule has 106 valence electrons. The van der Waals surface area contributed by atoms with Gasteiger partial charge in [-0.25, -0.2) is 0 Å². The van der Waals surface area contributed by atoms with E-state index in [-0.39, 0.29) is 5.54 Å². The third-order valence-corrected chi connectivity index (χ3v) is 4.27. The lowest BCUT2D eigenvalue weighted by Crippen LogP contribution is -2.42. The molecule has 1 aliphatic carbocycles. The summed E-state index contributed by atoms with van der Waals surface area (Å²) in [4.78, 5) is 2.44. The number of nitrogens with zero attached hydrogens (tertiary/aromatic N) is 1. The standard InChI is InChI=1S/C20H21N/c1-21(17-18-11-5-2-6-12-18)20(15-9-4-10-16-20)19-13-7-3-8-14-19/h2-15H,16-17H2,1H3. The predicted octanol–water partition coefficient (Wildman–Crippen LogP) is 4.53. The van der Waals surface area contributed by atoms with Gasteiger partial charge in [0, 0.05) is 6.54 Å².